The average Bonchev–Trinajstić information content (AvgIpc) is 2.34. The lowest BCUT2D eigenvalue weighted by molar-refractivity contribution is -0.138. The lowest BCUT2D eigenvalue weighted by atomic mass is 9.94. The largest absolute Gasteiger partial charge is 0.481 e. The molecule has 0 saturated heterocycles. The van der Waals surface area contributed by atoms with Crippen LogP contribution in [0.5, 0.6) is 0 Å². The Morgan fingerprint density at radius 2 is 2.05 bits per heavy atom. The van der Waals surface area contributed by atoms with Gasteiger partial charge in [0.15, 0.2) is 0 Å². The van der Waals surface area contributed by atoms with E-state index in [2.05, 4.69) is 10.6 Å². The van der Waals surface area contributed by atoms with Crippen LogP contribution in [0.15, 0.2) is 24.3 Å². The molecule has 0 heterocycles. The van der Waals surface area contributed by atoms with Crippen molar-refractivity contribution in [2.45, 2.75) is 26.7 Å². The molecule has 116 valence electrons. The summed E-state index contributed by atoms with van der Waals surface area (Å²) in [6.45, 7) is 4.39. The fourth-order valence-corrected chi connectivity index (χ4v) is 2.32. The second-order valence-corrected chi connectivity index (χ2v) is 5.88. The van der Waals surface area contributed by atoms with E-state index < -0.39 is 5.97 Å². The summed E-state index contributed by atoms with van der Waals surface area (Å²) in [7, 11) is 0. The summed E-state index contributed by atoms with van der Waals surface area (Å²) in [6, 6.07) is 6.47. The first kappa shape index (κ1) is 17.3. The van der Waals surface area contributed by atoms with Crippen LogP contribution in [-0.4, -0.2) is 23.7 Å². The minimum Gasteiger partial charge on any atom is -0.481 e. The van der Waals surface area contributed by atoms with Gasteiger partial charge in [-0.1, -0.05) is 31.5 Å². The van der Waals surface area contributed by atoms with Crippen molar-refractivity contribution in [1.29, 1.82) is 0 Å². The molecule has 6 heteroatoms. The van der Waals surface area contributed by atoms with Gasteiger partial charge in [0, 0.05) is 23.7 Å². The van der Waals surface area contributed by atoms with Crippen molar-refractivity contribution >= 4 is 29.3 Å². The Morgan fingerprint density at radius 1 is 1.33 bits per heavy atom. The van der Waals surface area contributed by atoms with Crippen LogP contribution in [0.3, 0.4) is 0 Å². The number of rotatable bonds is 7. The zero-order valence-electron chi connectivity index (χ0n) is 12.2. The maximum atomic E-state index is 11.8. The van der Waals surface area contributed by atoms with Crippen molar-refractivity contribution in [2.24, 2.45) is 11.8 Å². The van der Waals surface area contributed by atoms with Crippen molar-refractivity contribution in [1.82, 2.24) is 5.32 Å². The molecule has 1 aromatic rings. The number of amides is 2. The molecule has 0 radical (unpaired) electrons. The van der Waals surface area contributed by atoms with Crippen LogP contribution in [0.1, 0.15) is 26.7 Å². The van der Waals surface area contributed by atoms with Crippen LogP contribution < -0.4 is 10.6 Å². The van der Waals surface area contributed by atoms with Gasteiger partial charge in [-0.3, -0.25) is 4.79 Å². The highest BCUT2D eigenvalue weighted by molar-refractivity contribution is 6.30. The minimum atomic E-state index is -0.849. The molecule has 0 aromatic heterocycles. The highest BCUT2D eigenvalue weighted by Crippen LogP contribution is 2.16. The van der Waals surface area contributed by atoms with E-state index in [9.17, 15) is 9.59 Å². The number of halogens is 1. The molecule has 0 fully saturated rings. The summed E-state index contributed by atoms with van der Waals surface area (Å²) in [5, 5.41) is 14.8. The molecule has 1 rings (SSSR count). The third kappa shape index (κ3) is 7.56. The first-order valence-corrected chi connectivity index (χ1v) is 7.26. The molecule has 1 aromatic carbocycles. The van der Waals surface area contributed by atoms with Crippen LogP contribution in [0.2, 0.25) is 5.02 Å². The topological polar surface area (TPSA) is 78.4 Å². The van der Waals surface area contributed by atoms with E-state index in [1.54, 1.807) is 24.3 Å². The maximum absolute atomic E-state index is 11.8. The average molecular weight is 313 g/mol. The molecule has 21 heavy (non-hydrogen) atoms. The Labute approximate surface area is 129 Å². The molecule has 1 atom stereocenters. The Morgan fingerprint density at radius 3 is 2.62 bits per heavy atom. The first-order valence-electron chi connectivity index (χ1n) is 6.89. The Balaban J connectivity index is 2.47. The van der Waals surface area contributed by atoms with Gasteiger partial charge in [0.1, 0.15) is 0 Å². The Hall–Kier alpha value is -1.75. The van der Waals surface area contributed by atoms with E-state index in [1.165, 1.54) is 0 Å². The van der Waals surface area contributed by atoms with Crippen LogP contribution in [0.25, 0.3) is 0 Å². The molecule has 2 amide bonds. The van der Waals surface area contributed by atoms with Crippen molar-refractivity contribution in [3.8, 4) is 0 Å². The second-order valence-electron chi connectivity index (χ2n) is 5.44. The Bertz CT molecular complexity index is 492. The zero-order chi connectivity index (χ0) is 15.8. The van der Waals surface area contributed by atoms with Gasteiger partial charge in [0.2, 0.25) is 0 Å². The normalized spacial score (nSPS) is 12.0. The predicted molar refractivity (Wildman–Crippen MR) is 83.7 cm³/mol. The summed E-state index contributed by atoms with van der Waals surface area (Å²) in [4.78, 5) is 22.6. The maximum Gasteiger partial charge on any atom is 0.319 e. The lowest BCUT2D eigenvalue weighted by Crippen LogP contribution is -2.34. The van der Waals surface area contributed by atoms with Crippen LogP contribution in [0, 0.1) is 11.8 Å². The molecule has 3 N–H and O–H groups in total. The number of aliphatic carboxylic acids is 1. The summed E-state index contributed by atoms with van der Waals surface area (Å²) >= 11 is 5.83. The number of urea groups is 1. The summed E-state index contributed by atoms with van der Waals surface area (Å²) < 4.78 is 0. The molecule has 1 unspecified atom stereocenters. The number of anilines is 1. The van der Waals surface area contributed by atoms with E-state index in [4.69, 9.17) is 16.7 Å². The zero-order valence-corrected chi connectivity index (χ0v) is 13.0. The minimum absolute atomic E-state index is 0.0512. The first-order chi connectivity index (χ1) is 9.86. The monoisotopic (exact) mass is 312 g/mol. The molecule has 0 aliphatic heterocycles. The van der Waals surface area contributed by atoms with E-state index in [0.717, 1.165) is 6.42 Å². The van der Waals surface area contributed by atoms with Gasteiger partial charge in [0.25, 0.3) is 0 Å². The van der Waals surface area contributed by atoms with E-state index in [0.29, 0.717) is 23.2 Å². The van der Waals surface area contributed by atoms with Crippen LogP contribution in [-0.2, 0) is 4.79 Å². The standard InChI is InChI=1S/C15H21ClN2O3/c1-10(2)6-11(7-14(19)20)9-17-15(21)18-13-5-3-4-12(16)8-13/h3-5,8,10-11H,6-7,9H2,1-2H3,(H,19,20)(H2,17,18,21). The molecular formula is C15H21ClN2O3. The van der Waals surface area contributed by atoms with Gasteiger partial charge < -0.3 is 15.7 Å². The van der Waals surface area contributed by atoms with Gasteiger partial charge >= 0.3 is 12.0 Å². The SMILES string of the molecule is CC(C)CC(CNC(=O)Nc1cccc(Cl)c1)CC(=O)O. The number of hydrogen-bond acceptors (Lipinski definition) is 2. The predicted octanol–water partition coefficient (Wildman–Crippen LogP) is 3.60. The summed E-state index contributed by atoms with van der Waals surface area (Å²) in [6.07, 6.45) is 0.805. The smallest absolute Gasteiger partial charge is 0.319 e. The van der Waals surface area contributed by atoms with E-state index in [1.807, 2.05) is 13.8 Å². The van der Waals surface area contributed by atoms with Gasteiger partial charge in [0.05, 0.1) is 0 Å². The molecule has 0 saturated carbocycles. The lowest BCUT2D eigenvalue weighted by Gasteiger charge is -2.18. The van der Waals surface area contributed by atoms with Gasteiger partial charge in [-0.05, 0) is 36.5 Å². The molecule has 0 aliphatic carbocycles. The molecule has 0 spiro atoms. The molecule has 0 aliphatic rings. The highest BCUT2D eigenvalue weighted by Gasteiger charge is 2.16. The van der Waals surface area contributed by atoms with Gasteiger partial charge in [-0.15, -0.1) is 0 Å². The summed E-state index contributed by atoms with van der Waals surface area (Å²) in [5.74, 6) is -0.544. The number of nitrogens with one attached hydrogen (secondary N) is 2. The number of hydrogen-bond donors (Lipinski definition) is 3. The molecule has 5 nitrogen and oxygen atoms in total. The van der Waals surface area contributed by atoms with Crippen molar-refractivity contribution in [3.05, 3.63) is 29.3 Å². The number of carbonyl (C=O) groups is 2. The third-order valence-corrected chi connectivity index (χ3v) is 3.14. The van der Waals surface area contributed by atoms with E-state index >= 15 is 0 Å². The quantitative estimate of drug-likeness (QED) is 0.719. The third-order valence-electron chi connectivity index (χ3n) is 2.90. The fraction of sp³-hybridized carbons (Fsp3) is 0.467. The van der Waals surface area contributed by atoms with Crippen molar-refractivity contribution < 1.29 is 14.7 Å². The van der Waals surface area contributed by atoms with Crippen LogP contribution in [0.4, 0.5) is 10.5 Å². The van der Waals surface area contributed by atoms with Crippen molar-refractivity contribution in [3.63, 3.8) is 0 Å². The van der Waals surface area contributed by atoms with Gasteiger partial charge in [-0.25, -0.2) is 4.79 Å². The second kappa shape index (κ2) is 8.52. The van der Waals surface area contributed by atoms with E-state index in [-0.39, 0.29) is 18.4 Å². The Kier molecular flexibility index (Phi) is 7.02. The number of carbonyl (C=O) groups excluding carboxylic acids is 1. The van der Waals surface area contributed by atoms with Gasteiger partial charge in [-0.2, -0.15) is 0 Å². The van der Waals surface area contributed by atoms with Crippen LogP contribution >= 0.6 is 11.6 Å². The molecule has 0 bridgehead atoms. The summed E-state index contributed by atoms with van der Waals surface area (Å²) in [5.41, 5.74) is 0.596. The number of benzene rings is 1. The highest BCUT2D eigenvalue weighted by atomic mass is 35.5. The molecular weight excluding hydrogens is 292 g/mol. The number of carboxylic acid groups (broad SMARTS) is 1. The van der Waals surface area contributed by atoms with Crippen molar-refractivity contribution in [2.75, 3.05) is 11.9 Å². The fourth-order valence-electron chi connectivity index (χ4n) is 2.13. The number of carboxylic acids is 1.